The molecule has 0 saturated heterocycles. The number of hydrazone groups is 1. The van der Waals surface area contributed by atoms with Gasteiger partial charge in [0.1, 0.15) is 12.3 Å². The van der Waals surface area contributed by atoms with Gasteiger partial charge in [0.25, 0.3) is 11.8 Å². The summed E-state index contributed by atoms with van der Waals surface area (Å²) in [4.78, 5) is 25.9. The zero-order valence-electron chi connectivity index (χ0n) is 15.4. The number of nitrogens with zero attached hydrogens (tertiary/aromatic N) is 2. The largest absolute Gasteiger partial charge is 0.482 e. The number of hydrogen-bond donors (Lipinski definition) is 1. The molecule has 0 atom stereocenters. The Morgan fingerprint density at radius 1 is 1.07 bits per heavy atom. The van der Waals surface area contributed by atoms with Gasteiger partial charge in [0.2, 0.25) is 0 Å². The molecule has 0 radical (unpaired) electrons. The minimum Gasteiger partial charge on any atom is -0.482 e. The van der Waals surface area contributed by atoms with E-state index in [4.69, 9.17) is 4.74 Å². The lowest BCUT2D eigenvalue weighted by Gasteiger charge is -2.28. The number of ether oxygens (including phenoxy) is 1. The molecule has 28 heavy (non-hydrogen) atoms. The fourth-order valence-corrected chi connectivity index (χ4v) is 3.13. The summed E-state index contributed by atoms with van der Waals surface area (Å²) in [5.41, 5.74) is 4.74. The quantitative estimate of drug-likeness (QED) is 0.564. The Morgan fingerprint density at radius 3 is 2.68 bits per heavy atom. The highest BCUT2D eigenvalue weighted by Crippen LogP contribution is 2.31. The molecule has 0 saturated carbocycles. The third kappa shape index (κ3) is 3.57. The van der Waals surface area contributed by atoms with Gasteiger partial charge < -0.3 is 4.74 Å². The summed E-state index contributed by atoms with van der Waals surface area (Å²) in [6.45, 7) is 1.64. The van der Waals surface area contributed by atoms with Crippen molar-refractivity contribution in [2.75, 3.05) is 18.1 Å². The van der Waals surface area contributed by atoms with Crippen molar-refractivity contribution in [3.63, 3.8) is 0 Å². The van der Waals surface area contributed by atoms with Crippen LogP contribution in [0.25, 0.3) is 10.8 Å². The molecule has 1 aliphatic rings. The van der Waals surface area contributed by atoms with Gasteiger partial charge in [-0.15, -0.1) is 0 Å². The highest BCUT2D eigenvalue weighted by atomic mass is 16.5. The summed E-state index contributed by atoms with van der Waals surface area (Å²) in [6.07, 6.45) is 0. The summed E-state index contributed by atoms with van der Waals surface area (Å²) in [5.74, 6) is -0.0416. The number of fused-ring (bicyclic) bond motifs is 2. The minimum atomic E-state index is -0.370. The Morgan fingerprint density at radius 2 is 1.82 bits per heavy atom. The molecule has 3 aromatic carbocycles. The fraction of sp³-hybridized carbons (Fsp3) is 0.136. The molecular formula is C22H19N3O3. The fourth-order valence-electron chi connectivity index (χ4n) is 3.13. The van der Waals surface area contributed by atoms with E-state index in [0.29, 0.717) is 17.1 Å². The van der Waals surface area contributed by atoms with Gasteiger partial charge in [0.15, 0.2) is 6.61 Å². The van der Waals surface area contributed by atoms with E-state index >= 15 is 0 Å². The summed E-state index contributed by atoms with van der Waals surface area (Å²) in [6, 6.07) is 21.2. The lowest BCUT2D eigenvalue weighted by molar-refractivity contribution is -0.125. The molecule has 2 amide bonds. The van der Waals surface area contributed by atoms with Gasteiger partial charge in [-0.1, -0.05) is 48.5 Å². The van der Waals surface area contributed by atoms with Crippen LogP contribution < -0.4 is 15.1 Å². The maximum Gasteiger partial charge on any atom is 0.265 e. The summed E-state index contributed by atoms with van der Waals surface area (Å²) in [5, 5.41) is 6.45. The monoisotopic (exact) mass is 373 g/mol. The van der Waals surface area contributed by atoms with Gasteiger partial charge >= 0.3 is 0 Å². The Balaban J connectivity index is 1.47. The average molecular weight is 373 g/mol. The first-order valence-corrected chi connectivity index (χ1v) is 8.96. The third-order valence-corrected chi connectivity index (χ3v) is 4.63. The number of amides is 2. The second-order valence-electron chi connectivity index (χ2n) is 6.53. The molecule has 3 aromatic rings. The van der Waals surface area contributed by atoms with Crippen molar-refractivity contribution in [3.05, 3.63) is 72.3 Å². The average Bonchev–Trinajstić information content (AvgIpc) is 2.73. The number of nitrogens with one attached hydrogen (secondary N) is 1. The molecule has 0 bridgehead atoms. The van der Waals surface area contributed by atoms with Crippen LogP contribution in [0.15, 0.2) is 71.8 Å². The number of para-hydroxylation sites is 2. The first-order valence-electron chi connectivity index (χ1n) is 8.96. The normalized spacial score (nSPS) is 13.8. The molecule has 0 fully saturated rings. The van der Waals surface area contributed by atoms with E-state index in [1.165, 1.54) is 4.90 Å². The van der Waals surface area contributed by atoms with Crippen LogP contribution in [0.5, 0.6) is 5.75 Å². The summed E-state index contributed by atoms with van der Waals surface area (Å²) >= 11 is 0. The van der Waals surface area contributed by atoms with E-state index in [1.54, 1.807) is 18.2 Å². The van der Waals surface area contributed by atoms with Crippen molar-refractivity contribution in [1.29, 1.82) is 0 Å². The van der Waals surface area contributed by atoms with Crippen LogP contribution in [0.1, 0.15) is 12.5 Å². The van der Waals surface area contributed by atoms with Crippen LogP contribution in [0.2, 0.25) is 0 Å². The number of carbonyl (C=O) groups excluding carboxylic acids is 2. The molecule has 1 aliphatic heterocycles. The van der Waals surface area contributed by atoms with Crippen LogP contribution in [0.4, 0.5) is 5.69 Å². The summed E-state index contributed by atoms with van der Waals surface area (Å²) < 4.78 is 5.39. The van der Waals surface area contributed by atoms with Crippen LogP contribution >= 0.6 is 0 Å². The number of hydrogen-bond acceptors (Lipinski definition) is 4. The number of anilines is 1. The Labute approximate surface area is 162 Å². The standard InChI is InChI=1S/C22H19N3O3/c1-15(17-11-10-16-6-2-3-7-18(16)12-17)23-24-21(26)13-25-19-8-4-5-9-20(19)28-14-22(25)27/h2-12H,13-14H2,1H3,(H,24,26)/b23-15-. The van der Waals surface area contributed by atoms with Crippen LogP contribution in [-0.4, -0.2) is 30.7 Å². The third-order valence-electron chi connectivity index (χ3n) is 4.63. The van der Waals surface area contributed by atoms with E-state index in [9.17, 15) is 9.59 Å². The highest BCUT2D eigenvalue weighted by Gasteiger charge is 2.26. The van der Waals surface area contributed by atoms with Crippen LogP contribution in [-0.2, 0) is 9.59 Å². The molecule has 6 heteroatoms. The smallest absolute Gasteiger partial charge is 0.265 e. The Hall–Kier alpha value is -3.67. The highest BCUT2D eigenvalue weighted by molar-refractivity contribution is 6.04. The van der Waals surface area contributed by atoms with E-state index in [-0.39, 0.29) is 25.0 Å². The Kier molecular flexibility index (Phi) is 4.76. The molecule has 6 nitrogen and oxygen atoms in total. The van der Waals surface area contributed by atoms with Gasteiger partial charge in [-0.2, -0.15) is 5.10 Å². The van der Waals surface area contributed by atoms with Crippen molar-refractivity contribution in [3.8, 4) is 5.75 Å². The number of rotatable bonds is 4. The molecule has 0 aliphatic carbocycles. The lowest BCUT2D eigenvalue weighted by Crippen LogP contribution is -2.44. The van der Waals surface area contributed by atoms with Crippen molar-refractivity contribution < 1.29 is 14.3 Å². The molecule has 0 aromatic heterocycles. The molecular weight excluding hydrogens is 354 g/mol. The van der Waals surface area contributed by atoms with Gasteiger partial charge in [-0.05, 0) is 41.5 Å². The summed E-state index contributed by atoms with van der Waals surface area (Å²) in [7, 11) is 0. The molecule has 1 heterocycles. The van der Waals surface area contributed by atoms with Crippen molar-refractivity contribution >= 4 is 34.0 Å². The number of carbonyl (C=O) groups is 2. The van der Waals surface area contributed by atoms with Crippen molar-refractivity contribution in [2.45, 2.75) is 6.92 Å². The Bertz CT molecular complexity index is 1090. The van der Waals surface area contributed by atoms with Gasteiger partial charge in [0, 0.05) is 0 Å². The first kappa shape index (κ1) is 17.7. The van der Waals surface area contributed by atoms with E-state index < -0.39 is 0 Å². The van der Waals surface area contributed by atoms with Crippen LogP contribution in [0.3, 0.4) is 0 Å². The lowest BCUT2D eigenvalue weighted by atomic mass is 10.0. The predicted octanol–water partition coefficient (Wildman–Crippen LogP) is 3.11. The van der Waals surface area contributed by atoms with Crippen LogP contribution in [0, 0.1) is 0 Å². The van der Waals surface area contributed by atoms with Crippen molar-refractivity contribution in [1.82, 2.24) is 5.43 Å². The zero-order chi connectivity index (χ0) is 19.5. The van der Waals surface area contributed by atoms with Gasteiger partial charge in [-0.3, -0.25) is 14.5 Å². The second-order valence-corrected chi connectivity index (χ2v) is 6.53. The maximum absolute atomic E-state index is 12.4. The predicted molar refractivity (Wildman–Crippen MR) is 109 cm³/mol. The topological polar surface area (TPSA) is 71.0 Å². The zero-order valence-corrected chi connectivity index (χ0v) is 15.4. The maximum atomic E-state index is 12.4. The SMILES string of the molecule is C/C(=N/NC(=O)CN1C(=O)COc2ccccc21)c1ccc2ccccc2c1. The second kappa shape index (κ2) is 7.52. The van der Waals surface area contributed by atoms with E-state index in [2.05, 4.69) is 10.5 Å². The molecule has 0 spiro atoms. The number of benzene rings is 3. The first-order chi connectivity index (χ1) is 13.6. The molecule has 0 unspecified atom stereocenters. The molecule has 1 N–H and O–H groups in total. The van der Waals surface area contributed by atoms with E-state index in [0.717, 1.165) is 16.3 Å². The molecule has 4 rings (SSSR count). The van der Waals surface area contributed by atoms with Gasteiger partial charge in [-0.25, -0.2) is 5.43 Å². The van der Waals surface area contributed by atoms with Gasteiger partial charge in [0.05, 0.1) is 11.4 Å². The van der Waals surface area contributed by atoms with E-state index in [1.807, 2.05) is 55.5 Å². The minimum absolute atomic E-state index is 0.0797. The molecule has 140 valence electrons. The van der Waals surface area contributed by atoms with Crippen molar-refractivity contribution in [2.24, 2.45) is 5.10 Å².